The minimum Gasteiger partial charge on any atom is -0.466 e. The lowest BCUT2D eigenvalue weighted by molar-refractivity contribution is -0.384. The summed E-state index contributed by atoms with van der Waals surface area (Å²) in [5.74, 6) is -1.05. The van der Waals surface area contributed by atoms with Crippen molar-refractivity contribution in [3.63, 3.8) is 0 Å². The lowest BCUT2D eigenvalue weighted by Gasteiger charge is -2.18. The molecule has 11 heteroatoms. The number of nitro groups is 1. The van der Waals surface area contributed by atoms with Crippen LogP contribution in [0.5, 0.6) is 0 Å². The summed E-state index contributed by atoms with van der Waals surface area (Å²) in [6.45, 7) is 1.59. The van der Waals surface area contributed by atoms with E-state index in [-0.39, 0.29) is 42.5 Å². The molecule has 1 amide bonds. The summed E-state index contributed by atoms with van der Waals surface area (Å²) >= 11 is 1.04. The Morgan fingerprint density at radius 3 is 2.68 bits per heavy atom. The fraction of sp³-hybridized carbons (Fsp3) is 0.250. The van der Waals surface area contributed by atoms with E-state index in [0.717, 1.165) is 16.0 Å². The van der Waals surface area contributed by atoms with Crippen LogP contribution in [0.4, 0.5) is 5.69 Å². The number of rotatable bonds is 8. The van der Waals surface area contributed by atoms with Crippen molar-refractivity contribution in [2.45, 2.75) is 25.9 Å². The van der Waals surface area contributed by atoms with E-state index in [1.165, 1.54) is 22.8 Å². The number of nitro benzene ring substituents is 1. The molecule has 164 valence electrons. The van der Waals surface area contributed by atoms with E-state index in [1.807, 2.05) is 0 Å². The maximum atomic E-state index is 12.7. The molecule has 0 spiro atoms. The molecule has 0 saturated heterocycles. The van der Waals surface area contributed by atoms with Gasteiger partial charge in [0.2, 0.25) is 5.91 Å². The predicted octanol–water partition coefficient (Wildman–Crippen LogP) is 3.20. The van der Waals surface area contributed by atoms with E-state index in [1.54, 1.807) is 37.3 Å². The second-order valence-electron chi connectivity index (χ2n) is 6.40. The van der Waals surface area contributed by atoms with Gasteiger partial charge in [-0.2, -0.15) is 0 Å². The van der Waals surface area contributed by atoms with Crippen LogP contribution in [-0.4, -0.2) is 28.0 Å². The SMILES string of the molecule is CCOC(=O)CC(NC(=O)Cn1c(=O)sc2ccccc21)c1cccc([N+](=O)[O-])c1.Cl. The zero-order chi connectivity index (χ0) is 21.7. The summed E-state index contributed by atoms with van der Waals surface area (Å²) in [4.78, 5) is 47.2. The third kappa shape index (κ3) is 5.89. The van der Waals surface area contributed by atoms with Gasteiger partial charge in [0.05, 0.1) is 34.2 Å². The maximum absolute atomic E-state index is 12.7. The lowest BCUT2D eigenvalue weighted by atomic mass is 10.0. The first kappa shape index (κ1) is 24.0. The molecular weight excluding hydrogens is 446 g/mol. The van der Waals surface area contributed by atoms with Crippen LogP contribution < -0.4 is 10.2 Å². The van der Waals surface area contributed by atoms with Crippen LogP contribution in [-0.2, 0) is 20.9 Å². The molecule has 1 aromatic heterocycles. The predicted molar refractivity (Wildman–Crippen MR) is 119 cm³/mol. The highest BCUT2D eigenvalue weighted by Gasteiger charge is 2.22. The fourth-order valence-electron chi connectivity index (χ4n) is 3.04. The number of para-hydroxylation sites is 1. The van der Waals surface area contributed by atoms with Gasteiger partial charge in [-0.15, -0.1) is 12.4 Å². The van der Waals surface area contributed by atoms with Crippen LogP contribution in [0.25, 0.3) is 10.2 Å². The maximum Gasteiger partial charge on any atom is 0.308 e. The van der Waals surface area contributed by atoms with Crippen LogP contribution >= 0.6 is 23.7 Å². The quantitative estimate of drug-likeness (QED) is 0.310. The molecule has 0 aliphatic rings. The molecular formula is C20H20ClN3O6S. The van der Waals surface area contributed by atoms with Crippen molar-refractivity contribution < 1.29 is 19.2 Å². The van der Waals surface area contributed by atoms with E-state index in [0.29, 0.717) is 11.1 Å². The Balaban J connectivity index is 0.00000341. The fourth-order valence-corrected chi connectivity index (χ4v) is 3.93. The Hall–Kier alpha value is -3.24. The number of halogens is 1. The summed E-state index contributed by atoms with van der Waals surface area (Å²) in [7, 11) is 0. The Bertz CT molecular complexity index is 1160. The first-order valence-corrected chi connectivity index (χ1v) is 9.98. The standard InChI is InChI=1S/C20H19N3O6S.ClH/c1-2-29-19(25)11-15(13-6-5-7-14(10-13)23(27)28)21-18(24)12-22-16-8-3-4-9-17(16)30-20(22)26;/h3-10,15H,2,11-12H2,1H3,(H,21,24);1H. The Morgan fingerprint density at radius 2 is 1.97 bits per heavy atom. The smallest absolute Gasteiger partial charge is 0.308 e. The number of nitrogens with zero attached hydrogens (tertiary/aromatic N) is 2. The highest BCUT2D eigenvalue weighted by molar-refractivity contribution is 7.16. The van der Waals surface area contributed by atoms with Crippen molar-refractivity contribution in [2.24, 2.45) is 0 Å². The van der Waals surface area contributed by atoms with Gasteiger partial charge in [-0.1, -0.05) is 35.6 Å². The summed E-state index contributed by atoms with van der Waals surface area (Å²) in [5, 5.41) is 13.8. The second-order valence-corrected chi connectivity index (χ2v) is 7.40. The first-order chi connectivity index (χ1) is 14.4. The molecule has 1 atom stereocenters. The van der Waals surface area contributed by atoms with Gasteiger partial charge in [0.15, 0.2) is 0 Å². The second kappa shape index (κ2) is 10.7. The lowest BCUT2D eigenvalue weighted by Crippen LogP contribution is -2.34. The van der Waals surface area contributed by atoms with Gasteiger partial charge in [0, 0.05) is 12.1 Å². The monoisotopic (exact) mass is 465 g/mol. The van der Waals surface area contributed by atoms with E-state index >= 15 is 0 Å². The number of fused-ring (bicyclic) bond motifs is 1. The number of amides is 1. The topological polar surface area (TPSA) is 121 Å². The molecule has 9 nitrogen and oxygen atoms in total. The Labute approximate surface area is 187 Å². The first-order valence-electron chi connectivity index (χ1n) is 9.16. The molecule has 1 heterocycles. The molecule has 0 fully saturated rings. The number of aromatic nitrogens is 1. The summed E-state index contributed by atoms with van der Waals surface area (Å²) in [6, 6.07) is 12.0. The minimum absolute atomic E-state index is 0. The average molecular weight is 466 g/mol. The van der Waals surface area contributed by atoms with E-state index in [2.05, 4.69) is 5.32 Å². The molecule has 0 bridgehead atoms. The molecule has 3 aromatic rings. The van der Waals surface area contributed by atoms with Crippen LogP contribution in [0, 0.1) is 10.1 Å². The van der Waals surface area contributed by atoms with Crippen LogP contribution in [0.1, 0.15) is 24.9 Å². The Morgan fingerprint density at radius 1 is 1.23 bits per heavy atom. The van der Waals surface area contributed by atoms with E-state index in [4.69, 9.17) is 4.74 Å². The van der Waals surface area contributed by atoms with Gasteiger partial charge in [0.25, 0.3) is 5.69 Å². The largest absolute Gasteiger partial charge is 0.466 e. The summed E-state index contributed by atoms with van der Waals surface area (Å²) in [6.07, 6.45) is -0.194. The molecule has 1 N–H and O–H groups in total. The number of nitrogens with one attached hydrogen (secondary N) is 1. The van der Waals surface area contributed by atoms with Gasteiger partial charge in [-0.3, -0.25) is 29.1 Å². The molecule has 0 radical (unpaired) electrons. The van der Waals surface area contributed by atoms with Crippen molar-refractivity contribution in [1.29, 1.82) is 0 Å². The van der Waals surface area contributed by atoms with Crippen molar-refractivity contribution >= 4 is 51.5 Å². The molecule has 2 aromatic carbocycles. The van der Waals surface area contributed by atoms with E-state index < -0.39 is 22.8 Å². The molecule has 0 aliphatic heterocycles. The van der Waals surface area contributed by atoms with Crippen molar-refractivity contribution in [3.05, 3.63) is 73.9 Å². The van der Waals surface area contributed by atoms with Crippen LogP contribution in [0.2, 0.25) is 0 Å². The van der Waals surface area contributed by atoms with Gasteiger partial charge < -0.3 is 10.1 Å². The normalized spacial score (nSPS) is 11.4. The minimum atomic E-state index is -0.836. The van der Waals surface area contributed by atoms with Crippen molar-refractivity contribution in [2.75, 3.05) is 6.61 Å². The number of carbonyl (C=O) groups excluding carboxylic acids is 2. The number of non-ortho nitro benzene ring substituents is 1. The van der Waals surface area contributed by atoms with E-state index in [9.17, 15) is 24.5 Å². The molecule has 31 heavy (non-hydrogen) atoms. The molecule has 0 aliphatic carbocycles. The third-order valence-electron chi connectivity index (χ3n) is 4.37. The number of hydrogen-bond acceptors (Lipinski definition) is 7. The average Bonchev–Trinajstić information content (AvgIpc) is 3.03. The number of thiazole rings is 1. The highest BCUT2D eigenvalue weighted by Crippen LogP contribution is 2.23. The highest BCUT2D eigenvalue weighted by atomic mass is 35.5. The number of hydrogen-bond donors (Lipinski definition) is 1. The van der Waals surface area contributed by atoms with Gasteiger partial charge in [-0.25, -0.2) is 0 Å². The molecule has 3 rings (SSSR count). The molecule has 1 unspecified atom stereocenters. The van der Waals surface area contributed by atoms with Gasteiger partial charge >= 0.3 is 10.8 Å². The number of ether oxygens (including phenoxy) is 1. The third-order valence-corrected chi connectivity index (χ3v) is 5.33. The number of carbonyl (C=O) groups is 2. The molecule has 0 saturated carbocycles. The zero-order valence-corrected chi connectivity index (χ0v) is 18.1. The summed E-state index contributed by atoms with van der Waals surface area (Å²) in [5.41, 5.74) is 0.878. The van der Waals surface area contributed by atoms with Crippen molar-refractivity contribution in [3.8, 4) is 0 Å². The van der Waals surface area contributed by atoms with Crippen LogP contribution in [0.3, 0.4) is 0 Å². The van der Waals surface area contributed by atoms with Gasteiger partial charge in [0.1, 0.15) is 6.54 Å². The summed E-state index contributed by atoms with van der Waals surface area (Å²) < 4.78 is 7.07. The zero-order valence-electron chi connectivity index (χ0n) is 16.5. The van der Waals surface area contributed by atoms with Gasteiger partial charge in [-0.05, 0) is 24.6 Å². The number of esters is 1. The van der Waals surface area contributed by atoms with Crippen LogP contribution in [0.15, 0.2) is 53.3 Å². The number of benzene rings is 2. The van der Waals surface area contributed by atoms with Crippen molar-refractivity contribution in [1.82, 2.24) is 9.88 Å². The Kier molecular flexibility index (Phi) is 8.29.